The molecule has 0 amide bonds. The molecule has 1 aromatic carbocycles. The van der Waals surface area contributed by atoms with Gasteiger partial charge in [0.25, 0.3) is 0 Å². The first-order valence-corrected chi connectivity index (χ1v) is 6.37. The Kier molecular flexibility index (Phi) is 5.06. The number of halogens is 1. The molecule has 1 atom stereocenters. The molecule has 19 heavy (non-hydrogen) atoms. The molecule has 0 aliphatic rings. The zero-order chi connectivity index (χ0) is 13.5. The highest BCUT2D eigenvalue weighted by molar-refractivity contribution is 5.18. The van der Waals surface area contributed by atoms with Gasteiger partial charge >= 0.3 is 0 Å². The van der Waals surface area contributed by atoms with Crippen molar-refractivity contribution in [2.75, 3.05) is 13.1 Å². The third kappa shape index (κ3) is 4.46. The molecule has 0 saturated heterocycles. The standard InChI is InChI=1S/C14H18FN3O/c15-13-5-1-4-12(10-13)14(19)11-16-6-2-8-18-9-3-7-17-18/h1,3-5,7,9-10,14,16,19H,2,6,8,11H2. The molecular formula is C14H18FN3O. The molecule has 2 N–H and O–H groups in total. The molecule has 4 nitrogen and oxygen atoms in total. The molecule has 0 saturated carbocycles. The van der Waals surface area contributed by atoms with Crippen LogP contribution in [0.3, 0.4) is 0 Å². The predicted molar refractivity (Wildman–Crippen MR) is 71.1 cm³/mol. The molecule has 102 valence electrons. The molecule has 0 bridgehead atoms. The van der Waals surface area contributed by atoms with Gasteiger partial charge in [0, 0.05) is 25.5 Å². The third-order valence-electron chi connectivity index (χ3n) is 2.87. The van der Waals surface area contributed by atoms with Crippen LogP contribution in [0.1, 0.15) is 18.1 Å². The number of hydrogen-bond donors (Lipinski definition) is 2. The van der Waals surface area contributed by atoms with Crippen LogP contribution in [0, 0.1) is 5.82 Å². The van der Waals surface area contributed by atoms with Gasteiger partial charge in [-0.2, -0.15) is 5.10 Å². The van der Waals surface area contributed by atoms with Crippen molar-refractivity contribution in [3.63, 3.8) is 0 Å². The minimum absolute atomic E-state index is 0.324. The number of nitrogens with zero attached hydrogens (tertiary/aromatic N) is 2. The fraction of sp³-hybridized carbons (Fsp3) is 0.357. The Morgan fingerprint density at radius 2 is 2.26 bits per heavy atom. The van der Waals surface area contributed by atoms with E-state index in [4.69, 9.17) is 0 Å². The van der Waals surface area contributed by atoms with Gasteiger partial charge in [0.05, 0.1) is 6.10 Å². The Bertz CT molecular complexity index is 487. The van der Waals surface area contributed by atoms with Crippen LogP contribution in [-0.2, 0) is 6.54 Å². The lowest BCUT2D eigenvalue weighted by atomic mass is 10.1. The van der Waals surface area contributed by atoms with E-state index < -0.39 is 6.10 Å². The zero-order valence-electron chi connectivity index (χ0n) is 10.7. The van der Waals surface area contributed by atoms with Crippen LogP contribution in [0.15, 0.2) is 42.7 Å². The quantitative estimate of drug-likeness (QED) is 0.748. The second-order valence-electron chi connectivity index (χ2n) is 4.40. The summed E-state index contributed by atoms with van der Waals surface area (Å²) in [7, 11) is 0. The number of aromatic nitrogens is 2. The number of hydrogen-bond acceptors (Lipinski definition) is 3. The lowest BCUT2D eigenvalue weighted by Crippen LogP contribution is -2.23. The first-order valence-electron chi connectivity index (χ1n) is 6.37. The summed E-state index contributed by atoms with van der Waals surface area (Å²) in [5.74, 6) is -0.324. The topological polar surface area (TPSA) is 50.1 Å². The predicted octanol–water partition coefficient (Wildman–Crippen LogP) is 1.74. The minimum Gasteiger partial charge on any atom is -0.387 e. The van der Waals surface area contributed by atoms with Gasteiger partial charge in [0.15, 0.2) is 0 Å². The second-order valence-corrected chi connectivity index (χ2v) is 4.40. The van der Waals surface area contributed by atoms with Gasteiger partial charge in [0.1, 0.15) is 5.82 Å². The average Bonchev–Trinajstić information content (AvgIpc) is 2.91. The summed E-state index contributed by atoms with van der Waals surface area (Å²) in [6, 6.07) is 7.94. The fourth-order valence-electron chi connectivity index (χ4n) is 1.87. The molecule has 0 spiro atoms. The Balaban J connectivity index is 1.65. The molecule has 0 fully saturated rings. The van der Waals surface area contributed by atoms with Crippen molar-refractivity contribution in [2.45, 2.75) is 19.1 Å². The van der Waals surface area contributed by atoms with Crippen LogP contribution < -0.4 is 5.32 Å². The first kappa shape index (κ1) is 13.7. The SMILES string of the molecule is OC(CNCCCn1cccn1)c1cccc(F)c1. The molecule has 0 aliphatic carbocycles. The highest BCUT2D eigenvalue weighted by Gasteiger charge is 2.07. The monoisotopic (exact) mass is 263 g/mol. The summed E-state index contributed by atoms with van der Waals surface area (Å²) in [6.07, 6.45) is 3.92. The van der Waals surface area contributed by atoms with Crippen LogP contribution in [0.4, 0.5) is 4.39 Å². The van der Waals surface area contributed by atoms with Gasteiger partial charge in [-0.15, -0.1) is 0 Å². The van der Waals surface area contributed by atoms with Crippen LogP contribution in [0.25, 0.3) is 0 Å². The van der Waals surface area contributed by atoms with Crippen LogP contribution >= 0.6 is 0 Å². The molecule has 1 heterocycles. The highest BCUT2D eigenvalue weighted by Crippen LogP contribution is 2.12. The van der Waals surface area contributed by atoms with E-state index in [1.807, 2.05) is 16.9 Å². The number of rotatable bonds is 7. The van der Waals surface area contributed by atoms with Crippen molar-refractivity contribution in [2.24, 2.45) is 0 Å². The molecule has 0 aliphatic heterocycles. The van der Waals surface area contributed by atoms with Gasteiger partial charge < -0.3 is 10.4 Å². The molecule has 2 aromatic rings. The van der Waals surface area contributed by atoms with Gasteiger partial charge in [-0.3, -0.25) is 4.68 Å². The summed E-state index contributed by atoms with van der Waals surface area (Å²) in [6.45, 7) is 2.05. The summed E-state index contributed by atoms with van der Waals surface area (Å²) in [5.41, 5.74) is 0.597. The fourth-order valence-corrected chi connectivity index (χ4v) is 1.87. The maximum Gasteiger partial charge on any atom is 0.123 e. The maximum atomic E-state index is 13.0. The Labute approximate surface area is 111 Å². The Morgan fingerprint density at radius 1 is 1.37 bits per heavy atom. The summed E-state index contributed by atoms with van der Waals surface area (Å²) >= 11 is 0. The van der Waals surface area contributed by atoms with E-state index in [9.17, 15) is 9.50 Å². The number of aryl methyl sites for hydroxylation is 1. The largest absolute Gasteiger partial charge is 0.387 e. The minimum atomic E-state index is -0.680. The smallest absolute Gasteiger partial charge is 0.123 e. The molecule has 1 unspecified atom stereocenters. The summed E-state index contributed by atoms with van der Waals surface area (Å²) in [5, 5.41) is 17.1. The van der Waals surface area contributed by atoms with Crippen LogP contribution in [0.5, 0.6) is 0 Å². The lowest BCUT2D eigenvalue weighted by molar-refractivity contribution is 0.174. The van der Waals surface area contributed by atoms with E-state index >= 15 is 0 Å². The van der Waals surface area contributed by atoms with E-state index in [2.05, 4.69) is 10.4 Å². The van der Waals surface area contributed by atoms with Crippen molar-refractivity contribution in [1.82, 2.24) is 15.1 Å². The third-order valence-corrected chi connectivity index (χ3v) is 2.87. The molecule has 5 heteroatoms. The van der Waals surface area contributed by atoms with Gasteiger partial charge in [-0.25, -0.2) is 4.39 Å². The average molecular weight is 263 g/mol. The van der Waals surface area contributed by atoms with Crippen molar-refractivity contribution in [1.29, 1.82) is 0 Å². The normalized spacial score (nSPS) is 12.5. The van der Waals surface area contributed by atoms with Crippen molar-refractivity contribution in [3.8, 4) is 0 Å². The van der Waals surface area contributed by atoms with E-state index in [-0.39, 0.29) is 5.82 Å². The summed E-state index contributed by atoms with van der Waals surface area (Å²) in [4.78, 5) is 0. The first-order chi connectivity index (χ1) is 9.25. The van der Waals surface area contributed by atoms with Crippen molar-refractivity contribution in [3.05, 3.63) is 54.1 Å². The van der Waals surface area contributed by atoms with Crippen molar-refractivity contribution >= 4 is 0 Å². The second kappa shape index (κ2) is 7.01. The molecule has 2 rings (SSSR count). The zero-order valence-corrected chi connectivity index (χ0v) is 10.7. The van der Waals surface area contributed by atoms with E-state index in [1.165, 1.54) is 12.1 Å². The van der Waals surface area contributed by atoms with E-state index in [1.54, 1.807) is 18.3 Å². The lowest BCUT2D eigenvalue weighted by Gasteiger charge is -2.12. The Morgan fingerprint density at radius 3 is 3.00 bits per heavy atom. The highest BCUT2D eigenvalue weighted by atomic mass is 19.1. The van der Waals surface area contributed by atoms with Crippen LogP contribution in [0.2, 0.25) is 0 Å². The number of nitrogens with one attached hydrogen (secondary N) is 1. The van der Waals surface area contributed by atoms with Gasteiger partial charge in [0.2, 0.25) is 0 Å². The summed E-state index contributed by atoms with van der Waals surface area (Å²) < 4.78 is 14.9. The van der Waals surface area contributed by atoms with Crippen LogP contribution in [-0.4, -0.2) is 28.0 Å². The van der Waals surface area contributed by atoms with Gasteiger partial charge in [-0.1, -0.05) is 12.1 Å². The number of benzene rings is 1. The maximum absolute atomic E-state index is 13.0. The van der Waals surface area contributed by atoms with Crippen molar-refractivity contribution < 1.29 is 9.50 Å². The molecular weight excluding hydrogens is 245 g/mol. The van der Waals surface area contributed by atoms with E-state index in [0.717, 1.165) is 19.5 Å². The number of aliphatic hydroxyl groups is 1. The molecule has 0 radical (unpaired) electrons. The number of aliphatic hydroxyl groups excluding tert-OH is 1. The van der Waals surface area contributed by atoms with Gasteiger partial charge in [-0.05, 0) is 36.7 Å². The molecule has 1 aromatic heterocycles. The Hall–Kier alpha value is -1.72. The van der Waals surface area contributed by atoms with E-state index in [0.29, 0.717) is 12.1 Å².